The predicted octanol–water partition coefficient (Wildman–Crippen LogP) is 2.81. The van der Waals surface area contributed by atoms with Gasteiger partial charge in [0, 0.05) is 37.3 Å². The smallest absolute Gasteiger partial charge is 0.341 e. The van der Waals surface area contributed by atoms with Gasteiger partial charge in [-0.1, -0.05) is 69.6 Å². The standard InChI is InChI=1S/C32H46N3PS.2HI/c1-5-8-22-36(23-9-6-2,24-10-7-3)25-14-20-35-21-18-27(28-15-11-12-16-29(28)35)26-31-33-32-30(37-31)17-13-19-34(32)4;;/h11-13,15-19,21,26H,5-10,14,20,22-25H2,1-4H3;2*1H/q+2;;/p-2. The maximum atomic E-state index is 4.91. The third kappa shape index (κ3) is 9.21. The molecule has 0 spiro atoms. The van der Waals surface area contributed by atoms with Gasteiger partial charge in [-0.2, -0.15) is 0 Å². The molecule has 3 aromatic rings. The Labute approximate surface area is 276 Å². The van der Waals surface area contributed by atoms with Crippen LogP contribution < -0.4 is 57.4 Å². The fraction of sp³-hybridized carbons (Fsp3) is 0.500. The largest absolute Gasteiger partial charge is 1.00 e. The topological polar surface area (TPSA) is 20.0 Å². The summed E-state index contributed by atoms with van der Waals surface area (Å²) >= 11 is 1.76. The van der Waals surface area contributed by atoms with Gasteiger partial charge < -0.3 is 52.9 Å². The summed E-state index contributed by atoms with van der Waals surface area (Å²) in [4.78, 5) is 7.41. The Balaban J connectivity index is 0.00000267. The molecule has 0 amide bonds. The normalized spacial score (nSPS) is 13.8. The third-order valence-electron chi connectivity index (χ3n) is 7.77. The summed E-state index contributed by atoms with van der Waals surface area (Å²) in [6.07, 6.45) is 24.5. The summed E-state index contributed by atoms with van der Waals surface area (Å²) in [5, 5.41) is 1.07. The number of benzene rings is 1. The maximum absolute atomic E-state index is 4.91. The zero-order valence-electron chi connectivity index (χ0n) is 24.2. The van der Waals surface area contributed by atoms with E-state index in [1.54, 1.807) is 11.3 Å². The second-order valence-electron chi connectivity index (χ2n) is 10.6. The lowest BCUT2D eigenvalue weighted by molar-refractivity contribution is -0.646. The highest BCUT2D eigenvalue weighted by Gasteiger charge is 2.35. The van der Waals surface area contributed by atoms with Crippen LogP contribution in [-0.2, 0) is 7.05 Å². The molecule has 0 atom stereocenters. The third-order valence-corrected chi connectivity index (χ3v) is 13.8. The van der Waals surface area contributed by atoms with E-state index in [-0.39, 0.29) is 48.0 Å². The van der Waals surface area contributed by atoms with E-state index in [2.05, 4.69) is 98.2 Å². The molecule has 3 nitrogen and oxygen atoms in total. The number of unbranched alkanes of at least 4 members (excludes halogenated alkanes) is 3. The monoisotopic (exact) mass is 789 g/mol. The Kier molecular flexibility index (Phi) is 15.5. The molecule has 4 rings (SSSR count). The van der Waals surface area contributed by atoms with Gasteiger partial charge in [-0.3, -0.25) is 0 Å². The van der Waals surface area contributed by atoms with Crippen molar-refractivity contribution >= 4 is 46.3 Å². The molecule has 7 heteroatoms. The molecule has 0 N–H and O–H groups in total. The average Bonchev–Trinajstić information content (AvgIpc) is 3.34. The van der Waals surface area contributed by atoms with Gasteiger partial charge in [-0.15, -0.1) is 0 Å². The van der Waals surface area contributed by atoms with Crippen LogP contribution in [0, 0.1) is 0 Å². The number of aromatic nitrogens is 2. The van der Waals surface area contributed by atoms with E-state index >= 15 is 0 Å². The van der Waals surface area contributed by atoms with E-state index in [4.69, 9.17) is 4.98 Å². The van der Waals surface area contributed by atoms with Crippen LogP contribution in [0.25, 0.3) is 22.0 Å². The summed E-state index contributed by atoms with van der Waals surface area (Å²) in [5.74, 6) is 0. The molecule has 1 aromatic carbocycles. The fourth-order valence-electron chi connectivity index (χ4n) is 5.58. The van der Waals surface area contributed by atoms with Gasteiger partial charge in [0.25, 0.3) is 0 Å². The highest BCUT2D eigenvalue weighted by molar-refractivity contribution is 7.75. The van der Waals surface area contributed by atoms with E-state index in [9.17, 15) is 0 Å². The minimum absolute atomic E-state index is 0. The molecule has 0 bridgehead atoms. The molecule has 0 aliphatic carbocycles. The number of nitrogens with zero attached hydrogens (tertiary/aromatic N) is 3. The molecular formula is C32H46I2N3PS. The van der Waals surface area contributed by atoms with Gasteiger partial charge in [-0.05, 0) is 60.5 Å². The number of halogens is 2. The van der Waals surface area contributed by atoms with Crippen LogP contribution in [0.1, 0.15) is 76.3 Å². The Morgan fingerprint density at radius 3 is 2.15 bits per heavy atom. The van der Waals surface area contributed by atoms with Crippen LogP contribution in [0.15, 0.2) is 54.9 Å². The van der Waals surface area contributed by atoms with Crippen LogP contribution in [-0.4, -0.2) is 36.2 Å². The summed E-state index contributed by atoms with van der Waals surface area (Å²) in [6.45, 7) is 8.21. The van der Waals surface area contributed by atoms with Crippen molar-refractivity contribution in [1.29, 1.82) is 0 Å². The molecule has 39 heavy (non-hydrogen) atoms. The molecule has 1 aliphatic rings. The van der Waals surface area contributed by atoms with Gasteiger partial charge in [0.15, 0.2) is 0 Å². The average molecular weight is 790 g/mol. The van der Waals surface area contributed by atoms with Crippen molar-refractivity contribution in [1.82, 2.24) is 4.98 Å². The van der Waals surface area contributed by atoms with E-state index < -0.39 is 7.26 Å². The van der Waals surface area contributed by atoms with Crippen molar-refractivity contribution in [2.45, 2.75) is 65.7 Å². The van der Waals surface area contributed by atoms with Gasteiger partial charge in [0.05, 0.1) is 37.9 Å². The highest BCUT2D eigenvalue weighted by Crippen LogP contribution is 2.61. The first-order valence-corrected chi connectivity index (χ1v) is 17.8. The van der Waals surface area contributed by atoms with Gasteiger partial charge in [0.1, 0.15) is 4.70 Å². The van der Waals surface area contributed by atoms with Crippen molar-refractivity contribution in [3.05, 3.63) is 65.4 Å². The van der Waals surface area contributed by atoms with Gasteiger partial charge in [0.2, 0.25) is 5.01 Å². The van der Waals surface area contributed by atoms with Gasteiger partial charge >= 0.3 is 5.65 Å². The number of rotatable bonds is 14. The Morgan fingerprint density at radius 2 is 1.51 bits per heavy atom. The number of fused-ring (bicyclic) bond motifs is 2. The second-order valence-corrected chi connectivity index (χ2v) is 16.2. The van der Waals surface area contributed by atoms with Crippen molar-refractivity contribution in [3.8, 4) is 0 Å². The number of hydrogen-bond donors (Lipinski definition) is 0. The number of thiazole rings is 1. The molecule has 0 saturated heterocycles. The molecule has 0 fully saturated rings. The molecule has 1 aliphatic heterocycles. The van der Waals surface area contributed by atoms with Crippen LogP contribution >= 0.6 is 18.6 Å². The number of anilines is 1. The summed E-state index contributed by atoms with van der Waals surface area (Å²) in [6, 6.07) is 13.2. The summed E-state index contributed by atoms with van der Waals surface area (Å²) < 4.78 is 3.33. The molecule has 3 heterocycles. The lowest BCUT2D eigenvalue weighted by atomic mass is 9.99. The number of allylic oxidation sites excluding steroid dienone is 2. The quantitative estimate of drug-likeness (QED) is 0.143. The van der Waals surface area contributed by atoms with Gasteiger partial charge in [-0.25, -0.2) is 4.57 Å². The van der Waals surface area contributed by atoms with E-state index in [0.717, 1.165) is 17.2 Å². The summed E-state index contributed by atoms with van der Waals surface area (Å²) in [5.41, 5.74) is 4.96. The van der Waals surface area contributed by atoms with Crippen LogP contribution in [0.3, 0.4) is 0 Å². The van der Waals surface area contributed by atoms with Crippen molar-refractivity contribution in [2.75, 3.05) is 36.1 Å². The van der Waals surface area contributed by atoms with Crippen molar-refractivity contribution < 1.29 is 52.5 Å². The predicted molar refractivity (Wildman–Crippen MR) is 167 cm³/mol. The maximum Gasteiger partial charge on any atom is 0.341 e. The minimum Gasteiger partial charge on any atom is -1.00 e. The molecule has 214 valence electrons. The zero-order chi connectivity index (χ0) is 26.1. The fourth-order valence-corrected chi connectivity index (χ4v) is 11.7. The Hall–Kier alpha value is -0.570. The van der Waals surface area contributed by atoms with Crippen LogP contribution in [0.5, 0.6) is 0 Å². The molecule has 0 saturated carbocycles. The second kappa shape index (κ2) is 17.4. The van der Waals surface area contributed by atoms with Crippen LogP contribution in [0.4, 0.5) is 5.69 Å². The minimum atomic E-state index is -0.846. The first-order valence-electron chi connectivity index (χ1n) is 14.5. The lowest BCUT2D eigenvalue weighted by Gasteiger charge is -2.31. The number of aryl methyl sites for hydroxylation is 1. The van der Waals surface area contributed by atoms with E-state index in [1.807, 2.05) is 0 Å². The number of para-hydroxylation sites is 1. The molecule has 0 radical (unpaired) electrons. The molecule has 0 unspecified atom stereocenters. The van der Waals surface area contributed by atoms with E-state index in [1.165, 1.54) is 91.1 Å². The first-order chi connectivity index (χ1) is 18.1. The first kappa shape index (κ1) is 34.6. The van der Waals surface area contributed by atoms with Crippen LogP contribution in [0.2, 0.25) is 0 Å². The Bertz CT molecular complexity index is 1200. The molecule has 2 aromatic heterocycles. The number of pyridine rings is 1. The lowest BCUT2D eigenvalue weighted by Crippen LogP contribution is -3.00. The summed E-state index contributed by atoms with van der Waals surface area (Å²) in [7, 11) is 1.22. The molecular weight excluding hydrogens is 743 g/mol. The highest BCUT2D eigenvalue weighted by atomic mass is 127. The van der Waals surface area contributed by atoms with E-state index in [0.29, 0.717) is 0 Å². The SMILES string of the molecule is CCCC[P+](CCCC)(CCCC)CCCN1C=C/C(=C\c2nc3c(ccc[n+]3C)s2)c2ccccc21.[I-].[I-]. The Morgan fingerprint density at radius 1 is 0.872 bits per heavy atom. The van der Waals surface area contributed by atoms with Crippen molar-refractivity contribution in [2.24, 2.45) is 7.05 Å². The zero-order valence-corrected chi connectivity index (χ0v) is 30.2. The van der Waals surface area contributed by atoms with Crippen molar-refractivity contribution in [3.63, 3.8) is 0 Å². The number of hydrogen-bond acceptors (Lipinski definition) is 3.